The van der Waals surface area contributed by atoms with Gasteiger partial charge in [-0.3, -0.25) is 0 Å². The van der Waals surface area contributed by atoms with Gasteiger partial charge in [-0.05, 0) is 49.4 Å². The van der Waals surface area contributed by atoms with Crippen molar-refractivity contribution < 1.29 is 4.74 Å². The fraction of sp³-hybridized carbons (Fsp3) is 0.647. The van der Waals surface area contributed by atoms with Crippen molar-refractivity contribution in [1.29, 1.82) is 0 Å². The van der Waals surface area contributed by atoms with Crippen molar-refractivity contribution >= 4 is 5.69 Å². The molecular formula is C17H26N2O. The molecule has 3 rings (SSSR count). The van der Waals surface area contributed by atoms with Gasteiger partial charge < -0.3 is 15.4 Å². The molecule has 1 aliphatic carbocycles. The summed E-state index contributed by atoms with van der Waals surface area (Å²) >= 11 is 0. The molecule has 0 bridgehead atoms. The highest BCUT2D eigenvalue weighted by Gasteiger charge is 2.20. The molecule has 0 aromatic heterocycles. The van der Waals surface area contributed by atoms with Crippen molar-refractivity contribution in [2.24, 2.45) is 5.92 Å². The first kappa shape index (κ1) is 13.7. The molecule has 0 saturated heterocycles. The van der Waals surface area contributed by atoms with E-state index in [2.05, 4.69) is 35.8 Å². The topological polar surface area (TPSA) is 33.3 Å². The fourth-order valence-corrected chi connectivity index (χ4v) is 3.36. The summed E-state index contributed by atoms with van der Waals surface area (Å²) in [4.78, 5) is 0. The van der Waals surface area contributed by atoms with Crippen molar-refractivity contribution in [3.8, 4) is 5.75 Å². The summed E-state index contributed by atoms with van der Waals surface area (Å²) in [6, 6.07) is 7.25. The third-order valence-corrected chi connectivity index (χ3v) is 4.65. The van der Waals surface area contributed by atoms with Gasteiger partial charge in [-0.25, -0.2) is 0 Å². The lowest BCUT2D eigenvalue weighted by molar-refractivity contribution is 0.282. The molecule has 3 heteroatoms. The van der Waals surface area contributed by atoms with E-state index in [1.165, 1.54) is 31.2 Å². The summed E-state index contributed by atoms with van der Waals surface area (Å²) in [6.07, 6.45) is 6.63. The van der Waals surface area contributed by atoms with E-state index in [1.54, 1.807) is 0 Å². The Hall–Kier alpha value is -1.22. The monoisotopic (exact) mass is 274 g/mol. The largest absolute Gasteiger partial charge is 0.490 e. The number of hydrogen-bond acceptors (Lipinski definition) is 3. The van der Waals surface area contributed by atoms with Crippen LogP contribution in [0.3, 0.4) is 0 Å². The summed E-state index contributed by atoms with van der Waals surface area (Å²) in [5.41, 5.74) is 2.54. The number of benzene rings is 1. The normalized spacial score (nSPS) is 25.4. The van der Waals surface area contributed by atoms with E-state index in [9.17, 15) is 0 Å². The molecule has 1 saturated carbocycles. The van der Waals surface area contributed by atoms with Gasteiger partial charge in [0, 0.05) is 12.6 Å². The lowest BCUT2D eigenvalue weighted by Crippen LogP contribution is -2.38. The van der Waals surface area contributed by atoms with Crippen LogP contribution < -0.4 is 15.4 Å². The molecule has 0 amide bonds. The number of ether oxygens (including phenoxy) is 1. The van der Waals surface area contributed by atoms with Crippen molar-refractivity contribution in [2.75, 3.05) is 25.0 Å². The molecule has 1 heterocycles. The van der Waals surface area contributed by atoms with E-state index in [1.807, 2.05) is 0 Å². The van der Waals surface area contributed by atoms with Gasteiger partial charge in [0.25, 0.3) is 0 Å². The first-order chi connectivity index (χ1) is 9.83. The number of anilines is 1. The van der Waals surface area contributed by atoms with Gasteiger partial charge in [0.05, 0.1) is 5.69 Å². The van der Waals surface area contributed by atoms with Crippen LogP contribution in [0.25, 0.3) is 0 Å². The molecule has 1 aromatic rings. The Bertz CT molecular complexity index is 447. The third kappa shape index (κ3) is 3.26. The van der Waals surface area contributed by atoms with E-state index >= 15 is 0 Å². The second kappa shape index (κ2) is 6.49. The number of rotatable bonds is 4. The number of fused-ring (bicyclic) bond motifs is 1. The van der Waals surface area contributed by atoms with Gasteiger partial charge in [-0.1, -0.05) is 25.8 Å². The summed E-state index contributed by atoms with van der Waals surface area (Å²) in [5.74, 6) is 1.83. The average molecular weight is 274 g/mol. The number of nitrogens with one attached hydrogen (secondary N) is 2. The molecule has 3 nitrogen and oxygen atoms in total. The quantitative estimate of drug-likeness (QED) is 0.884. The van der Waals surface area contributed by atoms with Crippen LogP contribution in [0.15, 0.2) is 18.2 Å². The Kier molecular flexibility index (Phi) is 4.46. The Labute approximate surface area is 122 Å². The van der Waals surface area contributed by atoms with Crippen molar-refractivity contribution in [1.82, 2.24) is 5.32 Å². The van der Waals surface area contributed by atoms with Gasteiger partial charge in [-0.15, -0.1) is 0 Å². The van der Waals surface area contributed by atoms with Crippen LogP contribution in [0, 0.1) is 5.92 Å². The lowest BCUT2D eigenvalue weighted by Gasteiger charge is -2.29. The van der Waals surface area contributed by atoms with Crippen molar-refractivity contribution in [3.63, 3.8) is 0 Å². The van der Waals surface area contributed by atoms with Crippen LogP contribution in [-0.2, 0) is 6.42 Å². The van der Waals surface area contributed by atoms with E-state index in [4.69, 9.17) is 4.74 Å². The lowest BCUT2D eigenvalue weighted by atomic mass is 9.86. The fourth-order valence-electron chi connectivity index (χ4n) is 3.36. The van der Waals surface area contributed by atoms with E-state index in [-0.39, 0.29) is 0 Å². The number of hydrogen-bond donors (Lipinski definition) is 2. The van der Waals surface area contributed by atoms with Gasteiger partial charge >= 0.3 is 0 Å². The molecule has 0 spiro atoms. The van der Waals surface area contributed by atoms with Crippen LogP contribution in [0.4, 0.5) is 5.69 Å². The molecular weight excluding hydrogens is 248 g/mol. The predicted octanol–water partition coefficient (Wildman–Crippen LogP) is 3.20. The predicted molar refractivity (Wildman–Crippen MR) is 83.6 cm³/mol. The summed E-state index contributed by atoms with van der Waals surface area (Å²) in [6.45, 7) is 5.15. The molecule has 2 atom stereocenters. The van der Waals surface area contributed by atoms with Crippen LogP contribution in [-0.4, -0.2) is 25.7 Å². The molecule has 1 fully saturated rings. The molecule has 2 unspecified atom stereocenters. The Morgan fingerprint density at radius 3 is 3.10 bits per heavy atom. The first-order valence-electron chi connectivity index (χ1n) is 8.06. The maximum atomic E-state index is 5.61. The Morgan fingerprint density at radius 1 is 1.30 bits per heavy atom. The molecule has 2 N–H and O–H groups in total. The average Bonchev–Trinajstić information content (AvgIpc) is 2.49. The van der Waals surface area contributed by atoms with Gasteiger partial charge in [0.15, 0.2) is 0 Å². The van der Waals surface area contributed by atoms with Crippen LogP contribution in [0.1, 0.15) is 38.2 Å². The molecule has 1 aromatic carbocycles. The molecule has 110 valence electrons. The minimum Gasteiger partial charge on any atom is -0.490 e. The molecule has 1 aliphatic heterocycles. The summed E-state index contributed by atoms with van der Waals surface area (Å²) < 4.78 is 5.61. The molecule has 2 aliphatic rings. The maximum Gasteiger partial charge on any atom is 0.142 e. The zero-order chi connectivity index (χ0) is 13.8. The zero-order valence-electron chi connectivity index (χ0n) is 12.5. The highest BCUT2D eigenvalue weighted by atomic mass is 16.5. The van der Waals surface area contributed by atoms with Crippen molar-refractivity contribution in [3.05, 3.63) is 23.8 Å². The minimum absolute atomic E-state index is 0.725. The SMILES string of the molecule is CC1CCCCC1NCCc1ccc2c(c1)NCCO2. The van der Waals surface area contributed by atoms with Crippen LogP contribution >= 0.6 is 0 Å². The van der Waals surface area contributed by atoms with Crippen LogP contribution in [0.5, 0.6) is 5.75 Å². The smallest absolute Gasteiger partial charge is 0.142 e. The Morgan fingerprint density at radius 2 is 2.20 bits per heavy atom. The zero-order valence-corrected chi connectivity index (χ0v) is 12.5. The van der Waals surface area contributed by atoms with Gasteiger partial charge in [0.2, 0.25) is 0 Å². The van der Waals surface area contributed by atoms with Gasteiger partial charge in [-0.2, -0.15) is 0 Å². The van der Waals surface area contributed by atoms with E-state index < -0.39 is 0 Å². The Balaban J connectivity index is 1.50. The van der Waals surface area contributed by atoms with Gasteiger partial charge in [0.1, 0.15) is 12.4 Å². The highest BCUT2D eigenvalue weighted by Crippen LogP contribution is 2.28. The van der Waals surface area contributed by atoms with Crippen molar-refractivity contribution in [2.45, 2.75) is 45.1 Å². The van der Waals surface area contributed by atoms with Crippen LogP contribution in [0.2, 0.25) is 0 Å². The molecule has 20 heavy (non-hydrogen) atoms. The first-order valence-corrected chi connectivity index (χ1v) is 8.06. The molecule has 0 radical (unpaired) electrons. The highest BCUT2D eigenvalue weighted by molar-refractivity contribution is 5.59. The second-order valence-corrected chi connectivity index (χ2v) is 6.18. The summed E-state index contributed by atoms with van der Waals surface area (Å²) in [7, 11) is 0. The summed E-state index contributed by atoms with van der Waals surface area (Å²) in [5, 5.41) is 7.15. The third-order valence-electron chi connectivity index (χ3n) is 4.65. The maximum absolute atomic E-state index is 5.61. The standard InChI is InChI=1S/C17H26N2O/c1-13-4-2-3-5-15(13)18-9-8-14-6-7-17-16(12-14)19-10-11-20-17/h6-7,12-13,15,18-19H,2-5,8-11H2,1H3. The minimum atomic E-state index is 0.725. The van der Waals surface area contributed by atoms with E-state index in [0.29, 0.717) is 0 Å². The second-order valence-electron chi connectivity index (χ2n) is 6.18. The van der Waals surface area contributed by atoms with E-state index in [0.717, 1.165) is 49.5 Å².